The third-order valence-electron chi connectivity index (χ3n) is 7.12. The Morgan fingerprint density at radius 1 is 0.750 bits per heavy atom. The van der Waals surface area contributed by atoms with Crippen LogP contribution in [0.4, 0.5) is 0 Å². The summed E-state index contributed by atoms with van der Waals surface area (Å²) in [6.07, 6.45) is 21.5. The van der Waals surface area contributed by atoms with Crippen LogP contribution >= 0.6 is 0 Å². The van der Waals surface area contributed by atoms with Crippen LogP contribution in [0.5, 0.6) is 0 Å². The summed E-state index contributed by atoms with van der Waals surface area (Å²) < 4.78 is 6.23. The highest BCUT2D eigenvalue weighted by molar-refractivity contribution is 4.90. The van der Waals surface area contributed by atoms with Crippen molar-refractivity contribution < 1.29 is 4.74 Å². The quantitative estimate of drug-likeness (QED) is 0.375. The van der Waals surface area contributed by atoms with Gasteiger partial charge in [0.25, 0.3) is 0 Å². The zero-order valence-electron chi connectivity index (χ0n) is 17.0. The minimum absolute atomic E-state index is 0.247. The van der Waals surface area contributed by atoms with E-state index in [2.05, 4.69) is 20.8 Å². The van der Waals surface area contributed by atoms with Gasteiger partial charge in [0.1, 0.15) is 0 Å². The molecule has 142 valence electrons. The van der Waals surface area contributed by atoms with E-state index in [0.717, 1.165) is 24.4 Å². The number of ether oxygens (including phenoxy) is 1. The molecule has 24 heavy (non-hydrogen) atoms. The van der Waals surface area contributed by atoms with Gasteiger partial charge in [-0.1, -0.05) is 65.2 Å². The minimum Gasteiger partial charge on any atom is -0.375 e. The van der Waals surface area contributed by atoms with E-state index >= 15 is 0 Å². The van der Waals surface area contributed by atoms with Crippen molar-refractivity contribution in [2.45, 2.75) is 123 Å². The van der Waals surface area contributed by atoms with Crippen molar-refractivity contribution in [1.29, 1.82) is 0 Å². The molecule has 0 heterocycles. The van der Waals surface area contributed by atoms with Crippen molar-refractivity contribution in [2.24, 2.45) is 17.8 Å². The fraction of sp³-hybridized carbons (Fsp3) is 1.00. The lowest BCUT2D eigenvalue weighted by Gasteiger charge is -2.43. The average Bonchev–Trinajstić information content (AvgIpc) is 2.61. The topological polar surface area (TPSA) is 9.23 Å². The zero-order chi connectivity index (χ0) is 17.3. The summed E-state index contributed by atoms with van der Waals surface area (Å²) in [4.78, 5) is 0. The van der Waals surface area contributed by atoms with Crippen LogP contribution in [0.25, 0.3) is 0 Å². The predicted molar refractivity (Wildman–Crippen MR) is 105 cm³/mol. The van der Waals surface area contributed by atoms with Crippen LogP contribution in [-0.2, 0) is 4.74 Å². The van der Waals surface area contributed by atoms with Crippen molar-refractivity contribution in [3.8, 4) is 0 Å². The Bertz CT molecular complexity index is 300. The van der Waals surface area contributed by atoms with E-state index in [9.17, 15) is 0 Å². The first-order chi connectivity index (χ1) is 11.7. The summed E-state index contributed by atoms with van der Waals surface area (Å²) in [6, 6.07) is 0. The van der Waals surface area contributed by atoms with Gasteiger partial charge in [0, 0.05) is 6.61 Å². The van der Waals surface area contributed by atoms with E-state index in [1.807, 2.05) is 0 Å². The summed E-state index contributed by atoms with van der Waals surface area (Å²) in [7, 11) is 0. The Balaban J connectivity index is 1.68. The maximum atomic E-state index is 6.23. The lowest BCUT2D eigenvalue weighted by molar-refractivity contribution is -0.0846. The van der Waals surface area contributed by atoms with Gasteiger partial charge in [-0.3, -0.25) is 0 Å². The third-order valence-corrected chi connectivity index (χ3v) is 7.12. The number of hydrogen-bond donors (Lipinski definition) is 0. The van der Waals surface area contributed by atoms with Crippen LogP contribution in [0.3, 0.4) is 0 Å². The summed E-state index contributed by atoms with van der Waals surface area (Å²) in [6.45, 7) is 7.70. The first-order valence-corrected chi connectivity index (χ1v) is 11.4. The third kappa shape index (κ3) is 6.04. The van der Waals surface area contributed by atoms with Gasteiger partial charge in [0.2, 0.25) is 0 Å². The molecule has 2 rings (SSSR count). The maximum Gasteiger partial charge on any atom is 0.0682 e. The van der Waals surface area contributed by atoms with Crippen molar-refractivity contribution in [3.63, 3.8) is 0 Å². The smallest absolute Gasteiger partial charge is 0.0682 e. The van der Waals surface area contributed by atoms with E-state index in [0.29, 0.717) is 0 Å². The van der Waals surface area contributed by atoms with Crippen LogP contribution in [0.1, 0.15) is 117 Å². The molecule has 2 aliphatic carbocycles. The summed E-state index contributed by atoms with van der Waals surface area (Å²) in [5, 5.41) is 0. The molecule has 1 nitrogen and oxygen atoms in total. The molecule has 0 aromatic heterocycles. The largest absolute Gasteiger partial charge is 0.375 e. The van der Waals surface area contributed by atoms with Gasteiger partial charge >= 0.3 is 0 Å². The fourth-order valence-electron chi connectivity index (χ4n) is 5.67. The fourth-order valence-corrected chi connectivity index (χ4v) is 5.67. The molecule has 0 radical (unpaired) electrons. The second kappa shape index (κ2) is 10.8. The standard InChI is InChI=1S/C23H44O/c1-4-7-8-9-10-20-11-13-21(14-12-20)22-15-18-23(17-5-2,19-16-22)24-6-3/h20-22H,4-19H2,1-3H3. The SMILES string of the molecule is CCCCCCC1CCC(C2CCC(CCC)(OCC)CC2)CC1. The lowest BCUT2D eigenvalue weighted by atomic mass is 9.67. The Morgan fingerprint density at radius 3 is 2.00 bits per heavy atom. The first-order valence-electron chi connectivity index (χ1n) is 11.4. The number of hydrogen-bond acceptors (Lipinski definition) is 1. The van der Waals surface area contributed by atoms with Crippen molar-refractivity contribution in [2.75, 3.05) is 6.61 Å². The van der Waals surface area contributed by atoms with Crippen molar-refractivity contribution >= 4 is 0 Å². The molecule has 2 aliphatic rings. The van der Waals surface area contributed by atoms with Crippen molar-refractivity contribution in [3.05, 3.63) is 0 Å². The molecular weight excluding hydrogens is 292 g/mol. The molecule has 0 bridgehead atoms. The normalized spacial score (nSPS) is 34.4. The number of rotatable bonds is 10. The van der Waals surface area contributed by atoms with E-state index in [-0.39, 0.29) is 5.60 Å². The van der Waals surface area contributed by atoms with Crippen LogP contribution in [0.15, 0.2) is 0 Å². The summed E-state index contributed by atoms with van der Waals surface area (Å²) in [5.41, 5.74) is 0.247. The van der Waals surface area contributed by atoms with E-state index < -0.39 is 0 Å². The monoisotopic (exact) mass is 336 g/mol. The van der Waals surface area contributed by atoms with Gasteiger partial charge in [0.15, 0.2) is 0 Å². The highest BCUT2D eigenvalue weighted by Crippen LogP contribution is 2.45. The maximum absolute atomic E-state index is 6.23. The molecule has 2 saturated carbocycles. The van der Waals surface area contributed by atoms with Gasteiger partial charge in [-0.2, -0.15) is 0 Å². The average molecular weight is 337 g/mol. The van der Waals surface area contributed by atoms with E-state index in [4.69, 9.17) is 4.74 Å². The zero-order valence-corrected chi connectivity index (χ0v) is 17.0. The molecule has 0 aliphatic heterocycles. The molecule has 1 heteroatoms. The predicted octanol–water partition coefficient (Wildman–Crippen LogP) is 7.53. The molecule has 0 aromatic rings. The second-order valence-corrected chi connectivity index (χ2v) is 8.83. The first kappa shape index (κ1) is 20.3. The Kier molecular flexibility index (Phi) is 9.16. The summed E-state index contributed by atoms with van der Waals surface area (Å²) >= 11 is 0. The highest BCUT2D eigenvalue weighted by atomic mass is 16.5. The minimum atomic E-state index is 0.247. The Hall–Kier alpha value is -0.0400. The van der Waals surface area contributed by atoms with Gasteiger partial charge in [-0.15, -0.1) is 0 Å². The molecule has 0 unspecified atom stereocenters. The molecule has 0 atom stereocenters. The lowest BCUT2D eigenvalue weighted by Crippen LogP contribution is -2.39. The highest BCUT2D eigenvalue weighted by Gasteiger charge is 2.38. The van der Waals surface area contributed by atoms with Gasteiger partial charge < -0.3 is 4.74 Å². The molecule has 0 N–H and O–H groups in total. The van der Waals surface area contributed by atoms with Gasteiger partial charge in [0.05, 0.1) is 5.60 Å². The Labute approximate surface area is 152 Å². The Morgan fingerprint density at radius 2 is 1.42 bits per heavy atom. The van der Waals surface area contributed by atoms with Gasteiger partial charge in [-0.05, 0) is 69.6 Å². The molecule has 0 aromatic carbocycles. The second-order valence-electron chi connectivity index (χ2n) is 8.83. The molecule has 0 saturated heterocycles. The van der Waals surface area contributed by atoms with Crippen LogP contribution in [0, 0.1) is 17.8 Å². The van der Waals surface area contributed by atoms with E-state index in [1.165, 1.54) is 96.3 Å². The van der Waals surface area contributed by atoms with Crippen LogP contribution in [0.2, 0.25) is 0 Å². The molecule has 0 spiro atoms. The summed E-state index contributed by atoms with van der Waals surface area (Å²) in [5.74, 6) is 3.11. The van der Waals surface area contributed by atoms with E-state index in [1.54, 1.807) is 0 Å². The van der Waals surface area contributed by atoms with Crippen LogP contribution in [-0.4, -0.2) is 12.2 Å². The molecular formula is C23H44O. The van der Waals surface area contributed by atoms with Crippen molar-refractivity contribution in [1.82, 2.24) is 0 Å². The van der Waals surface area contributed by atoms with Crippen LogP contribution < -0.4 is 0 Å². The van der Waals surface area contributed by atoms with Gasteiger partial charge in [-0.25, -0.2) is 0 Å². The number of unbranched alkanes of at least 4 members (excludes halogenated alkanes) is 3. The molecule has 0 amide bonds. The molecule has 2 fully saturated rings.